The third-order valence-electron chi connectivity index (χ3n) is 4.88. The zero-order valence-corrected chi connectivity index (χ0v) is 25.8. The van der Waals surface area contributed by atoms with E-state index in [2.05, 4.69) is 23.2 Å². The molecule has 0 amide bonds. The van der Waals surface area contributed by atoms with Gasteiger partial charge in [-0.2, -0.15) is 35.4 Å². The molecule has 4 nitrogen and oxygen atoms in total. The molecule has 4 rings (SSSR count). The fourth-order valence-corrected chi connectivity index (χ4v) is 3.49. The second kappa shape index (κ2) is 15.5. The largest absolute Gasteiger partial charge is 0.512 e. The van der Waals surface area contributed by atoms with Crippen LogP contribution in [-0.2, 0) is 64.2 Å². The van der Waals surface area contributed by atoms with E-state index in [4.69, 9.17) is 4.74 Å². The number of allylic oxidation sites excluding steroid dienone is 2. The fraction of sp³-hybridized carbons (Fsp3) is 0.310. The Balaban J connectivity index is 0.000000364. The number of pyridine rings is 1. The number of hydrogen-bond donors (Lipinski definition) is 1. The number of hydrogen-bond acceptors (Lipinski definition) is 4. The summed E-state index contributed by atoms with van der Waals surface area (Å²) in [6, 6.07) is 23.5. The van der Waals surface area contributed by atoms with Gasteiger partial charge in [-0.05, 0) is 29.7 Å². The molecule has 1 aromatic heterocycles. The summed E-state index contributed by atoms with van der Waals surface area (Å²) in [7, 11) is 0. The van der Waals surface area contributed by atoms with E-state index in [9.17, 15) is 9.90 Å². The van der Waals surface area contributed by atoms with Crippen LogP contribution in [0.1, 0.15) is 46.1 Å². The average Bonchev–Trinajstić information content (AvgIpc) is 2.78. The molecular formula is C29H30IrNO3Y-3. The van der Waals surface area contributed by atoms with Crippen molar-refractivity contribution in [3.8, 4) is 28.1 Å². The molecule has 0 saturated carbocycles. The summed E-state index contributed by atoms with van der Waals surface area (Å²) < 4.78 is 5.72. The molecule has 2 radical (unpaired) electrons. The molecule has 0 aliphatic carbocycles. The van der Waals surface area contributed by atoms with E-state index in [-0.39, 0.29) is 64.4 Å². The molecule has 0 unspecified atom stereocenters. The minimum absolute atomic E-state index is 0. The van der Waals surface area contributed by atoms with Gasteiger partial charge in [-0.15, -0.1) is 6.07 Å². The van der Waals surface area contributed by atoms with Crippen LogP contribution in [0.4, 0.5) is 0 Å². The second-order valence-corrected chi connectivity index (χ2v) is 8.89. The Hall–Kier alpha value is -1.65. The van der Waals surface area contributed by atoms with Crippen LogP contribution in [0.2, 0.25) is 0 Å². The van der Waals surface area contributed by atoms with Crippen LogP contribution in [0.5, 0.6) is 5.75 Å². The number of nitrogens with zero attached hydrogens (tertiary/aromatic N) is 1. The first-order valence-corrected chi connectivity index (χ1v) is 11.3. The van der Waals surface area contributed by atoms with Gasteiger partial charge in [0.15, 0.2) is 5.78 Å². The van der Waals surface area contributed by atoms with E-state index in [0.717, 1.165) is 33.7 Å². The first-order valence-electron chi connectivity index (χ1n) is 11.3. The van der Waals surface area contributed by atoms with E-state index in [1.807, 2.05) is 70.2 Å². The van der Waals surface area contributed by atoms with E-state index in [1.165, 1.54) is 6.08 Å². The number of aliphatic hydroxyl groups excluding tert-OH is 1. The molecule has 0 atom stereocenters. The van der Waals surface area contributed by atoms with Gasteiger partial charge in [0.05, 0.1) is 18.1 Å². The van der Waals surface area contributed by atoms with Gasteiger partial charge in [-0.3, -0.25) is 4.79 Å². The molecule has 1 aliphatic heterocycles. The maximum Gasteiger partial charge on any atom is 0.159 e. The smallest absolute Gasteiger partial charge is 0.159 e. The number of carbonyl (C=O) groups excluding carboxylic acids is 1. The van der Waals surface area contributed by atoms with Crippen LogP contribution in [0.25, 0.3) is 22.4 Å². The normalized spacial score (nSPS) is 11.7. The Morgan fingerprint density at radius 2 is 1.83 bits per heavy atom. The van der Waals surface area contributed by atoms with Crippen molar-refractivity contribution in [2.75, 3.05) is 0 Å². The number of benzene rings is 2. The predicted octanol–water partition coefficient (Wildman–Crippen LogP) is 6.79. The van der Waals surface area contributed by atoms with Crippen molar-refractivity contribution in [1.29, 1.82) is 0 Å². The van der Waals surface area contributed by atoms with Crippen molar-refractivity contribution in [2.24, 2.45) is 11.8 Å². The van der Waals surface area contributed by atoms with Crippen molar-refractivity contribution in [2.45, 2.75) is 47.1 Å². The van der Waals surface area contributed by atoms with Crippen LogP contribution in [-0.4, -0.2) is 15.9 Å². The van der Waals surface area contributed by atoms with Crippen LogP contribution >= 0.6 is 0 Å². The topological polar surface area (TPSA) is 59.4 Å². The van der Waals surface area contributed by atoms with Gasteiger partial charge >= 0.3 is 0 Å². The molecule has 6 heteroatoms. The fourth-order valence-electron chi connectivity index (χ4n) is 3.49. The van der Waals surface area contributed by atoms with Gasteiger partial charge < -0.3 is 14.8 Å². The summed E-state index contributed by atoms with van der Waals surface area (Å²) in [6.45, 7) is 8.51. The number of ether oxygens (including phenoxy) is 1. The number of ketones is 1. The Morgan fingerprint density at radius 1 is 1.09 bits per heavy atom. The predicted molar refractivity (Wildman–Crippen MR) is 131 cm³/mol. The molecule has 3 aromatic rings. The zero-order chi connectivity index (χ0) is 23.8. The van der Waals surface area contributed by atoms with Crippen LogP contribution < -0.4 is 4.74 Å². The third-order valence-corrected chi connectivity index (χ3v) is 4.88. The molecule has 2 aromatic carbocycles. The van der Waals surface area contributed by atoms with Crippen LogP contribution in [0.15, 0.2) is 60.5 Å². The minimum Gasteiger partial charge on any atom is -0.512 e. The van der Waals surface area contributed by atoms with E-state index in [1.54, 1.807) is 6.20 Å². The van der Waals surface area contributed by atoms with Gasteiger partial charge in [0.1, 0.15) is 0 Å². The quantitative estimate of drug-likeness (QED) is 0.173. The van der Waals surface area contributed by atoms with Gasteiger partial charge in [-0.1, -0.05) is 27.7 Å². The van der Waals surface area contributed by atoms with Gasteiger partial charge in [-0.25, -0.2) is 29.3 Å². The van der Waals surface area contributed by atoms with Gasteiger partial charge in [0, 0.05) is 77.9 Å². The summed E-state index contributed by atoms with van der Waals surface area (Å²) >= 11 is 0. The van der Waals surface area contributed by atoms with Crippen LogP contribution in [0.3, 0.4) is 0 Å². The van der Waals surface area contributed by atoms with Crippen molar-refractivity contribution >= 4 is 5.78 Å². The van der Waals surface area contributed by atoms with Gasteiger partial charge in [0.2, 0.25) is 0 Å². The molecule has 0 saturated heterocycles. The third kappa shape index (κ3) is 9.73. The number of aromatic nitrogens is 1. The molecule has 0 bridgehead atoms. The second-order valence-electron chi connectivity index (χ2n) is 8.89. The SMILES string of the molecule is CC(C)CC(=O)/C=C(\O)CC(C)C.[Ir].[Y].[c-]1ccccc1-c1[c-]c2c([c-]c1)-c1ncccc1OC2. The van der Waals surface area contributed by atoms with Crippen molar-refractivity contribution in [1.82, 2.24) is 4.98 Å². The van der Waals surface area contributed by atoms with Crippen molar-refractivity contribution in [3.63, 3.8) is 0 Å². The molecule has 1 aliphatic rings. The van der Waals surface area contributed by atoms with Crippen molar-refractivity contribution < 1.29 is 67.5 Å². The Bertz CT molecular complexity index is 1110. The maximum atomic E-state index is 11.2. The summed E-state index contributed by atoms with van der Waals surface area (Å²) in [5.74, 6) is 1.79. The first-order chi connectivity index (χ1) is 15.8. The van der Waals surface area contributed by atoms with E-state index >= 15 is 0 Å². The Morgan fingerprint density at radius 3 is 2.49 bits per heavy atom. The molecule has 0 fully saturated rings. The van der Waals surface area contributed by atoms with Crippen molar-refractivity contribution in [3.05, 3.63) is 84.3 Å². The standard InChI is InChI=1S/C18H10NO.C11H20O2.Ir.Y/c1-2-5-13(6-3-1)14-8-9-16-15(11-14)12-20-17-7-4-10-19-18(16)17;1-8(2)5-10(12)7-11(13)6-9(3)4;;/h1-5,7-8,10H,12H2;7-9,12H,5-6H2,1-4H3;;/q-3;;;/b;10-7-;;. The number of fused-ring (bicyclic) bond motifs is 3. The number of carbonyl (C=O) groups is 1. The van der Waals surface area contributed by atoms with E-state index in [0.29, 0.717) is 31.3 Å². The average molecular weight is 722 g/mol. The summed E-state index contributed by atoms with van der Waals surface area (Å²) in [6.07, 6.45) is 4.23. The molecule has 35 heavy (non-hydrogen) atoms. The summed E-state index contributed by atoms with van der Waals surface area (Å²) in [4.78, 5) is 15.6. The Labute approximate surface area is 247 Å². The molecule has 1 N–H and O–H groups in total. The molecule has 0 spiro atoms. The van der Waals surface area contributed by atoms with Gasteiger partial charge in [0.25, 0.3) is 0 Å². The molecular weight excluding hydrogens is 691 g/mol. The van der Waals surface area contributed by atoms with E-state index < -0.39 is 0 Å². The number of rotatable bonds is 6. The maximum absolute atomic E-state index is 11.2. The minimum atomic E-state index is 0. The summed E-state index contributed by atoms with van der Waals surface area (Å²) in [5.41, 5.74) is 4.80. The zero-order valence-electron chi connectivity index (χ0n) is 20.6. The molecule has 184 valence electrons. The Kier molecular flexibility index (Phi) is 13.9. The number of aliphatic hydroxyl groups is 1. The summed E-state index contributed by atoms with van der Waals surface area (Å²) in [5, 5.41) is 9.34. The monoisotopic (exact) mass is 722 g/mol. The molecule has 2 heterocycles. The van der Waals surface area contributed by atoms with Crippen LogP contribution in [0, 0.1) is 30.0 Å². The first kappa shape index (κ1) is 31.4.